The van der Waals surface area contributed by atoms with Crippen LogP contribution in [0, 0.1) is 0 Å². The lowest BCUT2D eigenvalue weighted by Gasteiger charge is -2.16. The highest BCUT2D eigenvalue weighted by molar-refractivity contribution is 5.20. The number of nitrogens with zero attached hydrogens (tertiary/aromatic N) is 3. The van der Waals surface area contributed by atoms with Gasteiger partial charge in [0.05, 0.1) is 6.10 Å². The minimum absolute atomic E-state index is 0.00475. The Bertz CT molecular complexity index is 348. The van der Waals surface area contributed by atoms with Crippen LogP contribution in [0.25, 0.3) is 10.4 Å². The first kappa shape index (κ1) is 12.4. The van der Waals surface area contributed by atoms with Gasteiger partial charge in [0, 0.05) is 4.91 Å². The van der Waals surface area contributed by atoms with Crippen LogP contribution in [-0.2, 0) is 4.74 Å². The monoisotopic (exact) mass is 221 g/mol. The van der Waals surface area contributed by atoms with E-state index in [0.29, 0.717) is 0 Å². The molecule has 0 heterocycles. The first-order valence-electron chi connectivity index (χ1n) is 5.10. The van der Waals surface area contributed by atoms with Crippen molar-refractivity contribution in [3.05, 3.63) is 40.8 Å². The molecule has 0 fully saturated rings. The zero-order chi connectivity index (χ0) is 11.8. The summed E-state index contributed by atoms with van der Waals surface area (Å²) in [5.74, 6) is 0.730. The maximum atomic E-state index is 8.37. The van der Waals surface area contributed by atoms with Gasteiger partial charge in [0.25, 0.3) is 0 Å². The van der Waals surface area contributed by atoms with Crippen LogP contribution >= 0.6 is 0 Å². The van der Waals surface area contributed by atoms with Crippen LogP contribution in [0.5, 0.6) is 5.75 Å². The molecule has 0 aromatic heterocycles. The van der Waals surface area contributed by atoms with Crippen molar-refractivity contribution in [2.75, 3.05) is 6.61 Å². The van der Waals surface area contributed by atoms with Crippen molar-refractivity contribution in [2.45, 2.75) is 26.2 Å². The molecule has 0 radical (unpaired) electrons. The van der Waals surface area contributed by atoms with E-state index in [2.05, 4.69) is 10.0 Å². The fourth-order valence-electron chi connectivity index (χ4n) is 1.16. The predicted octanol–water partition coefficient (Wildman–Crippen LogP) is 3.13. The third-order valence-corrected chi connectivity index (χ3v) is 1.75. The average molecular weight is 221 g/mol. The summed E-state index contributed by atoms with van der Waals surface area (Å²) in [5.41, 5.74) is 8.37. The van der Waals surface area contributed by atoms with E-state index in [1.54, 1.807) is 0 Å². The highest BCUT2D eigenvalue weighted by atomic mass is 16.5. The van der Waals surface area contributed by atoms with E-state index in [1.165, 1.54) is 0 Å². The second kappa shape index (κ2) is 6.71. The molecule has 0 bridgehead atoms. The van der Waals surface area contributed by atoms with Crippen molar-refractivity contribution in [1.29, 1.82) is 0 Å². The van der Waals surface area contributed by atoms with Gasteiger partial charge in [-0.3, -0.25) is 0 Å². The van der Waals surface area contributed by atoms with Gasteiger partial charge in [0.1, 0.15) is 12.4 Å². The number of benzene rings is 1. The molecule has 1 aromatic carbocycles. The van der Waals surface area contributed by atoms with Crippen LogP contribution in [0.3, 0.4) is 0 Å². The van der Waals surface area contributed by atoms with Crippen molar-refractivity contribution in [3.63, 3.8) is 0 Å². The summed E-state index contributed by atoms with van der Waals surface area (Å²) in [7, 11) is 0. The summed E-state index contributed by atoms with van der Waals surface area (Å²) < 4.78 is 10.8. The molecule has 16 heavy (non-hydrogen) atoms. The standard InChI is InChI=1S/C11H15N3O2/c1-9(2)16-11(13-14-12)8-15-10-6-4-3-5-7-10/h3-7,9,11H,8H2,1-2H3. The van der Waals surface area contributed by atoms with Crippen LogP contribution in [0.1, 0.15) is 13.8 Å². The minimum atomic E-state index is -0.592. The summed E-state index contributed by atoms with van der Waals surface area (Å²) >= 11 is 0. The van der Waals surface area contributed by atoms with E-state index in [4.69, 9.17) is 15.0 Å². The second-order valence-electron chi connectivity index (χ2n) is 3.47. The molecule has 0 N–H and O–H groups in total. The number of rotatable bonds is 6. The van der Waals surface area contributed by atoms with Gasteiger partial charge in [-0.1, -0.05) is 23.3 Å². The first-order valence-corrected chi connectivity index (χ1v) is 5.10. The quantitative estimate of drug-likeness (QED) is 0.420. The van der Waals surface area contributed by atoms with Gasteiger partial charge in [0.2, 0.25) is 0 Å². The Hall–Kier alpha value is -1.71. The van der Waals surface area contributed by atoms with Crippen LogP contribution in [0.2, 0.25) is 0 Å². The molecule has 1 unspecified atom stereocenters. The molecule has 1 atom stereocenters. The molecule has 1 aromatic rings. The summed E-state index contributed by atoms with van der Waals surface area (Å²) in [6, 6.07) is 9.33. The maximum absolute atomic E-state index is 8.37. The number of hydrogen-bond acceptors (Lipinski definition) is 3. The third kappa shape index (κ3) is 4.68. The SMILES string of the molecule is CC(C)OC(COc1ccccc1)N=[N+]=[N-]. The molecule has 0 amide bonds. The Balaban J connectivity index is 2.47. The van der Waals surface area contributed by atoms with Crippen molar-refractivity contribution < 1.29 is 9.47 Å². The van der Waals surface area contributed by atoms with Gasteiger partial charge >= 0.3 is 0 Å². The molecule has 0 saturated carbocycles. The van der Waals surface area contributed by atoms with Gasteiger partial charge in [-0.2, -0.15) is 0 Å². The minimum Gasteiger partial charge on any atom is -0.491 e. The largest absolute Gasteiger partial charge is 0.491 e. The van der Waals surface area contributed by atoms with Crippen molar-refractivity contribution in [2.24, 2.45) is 5.11 Å². The zero-order valence-electron chi connectivity index (χ0n) is 9.41. The number of hydrogen-bond donors (Lipinski definition) is 0. The number of azide groups is 1. The molecular formula is C11H15N3O2. The molecule has 0 aliphatic rings. The Morgan fingerprint density at radius 2 is 2.00 bits per heavy atom. The van der Waals surface area contributed by atoms with Crippen LogP contribution in [0.15, 0.2) is 35.4 Å². The molecule has 5 heteroatoms. The normalized spacial score (nSPS) is 11.9. The number of ether oxygens (including phenoxy) is 2. The van der Waals surface area contributed by atoms with Gasteiger partial charge < -0.3 is 9.47 Å². The molecule has 0 aliphatic carbocycles. The van der Waals surface area contributed by atoms with Gasteiger partial charge in [0.15, 0.2) is 6.23 Å². The smallest absolute Gasteiger partial charge is 0.170 e. The Morgan fingerprint density at radius 3 is 2.56 bits per heavy atom. The van der Waals surface area contributed by atoms with E-state index in [-0.39, 0.29) is 12.7 Å². The highest BCUT2D eigenvalue weighted by Gasteiger charge is 2.09. The summed E-state index contributed by atoms with van der Waals surface area (Å²) in [6.45, 7) is 3.97. The van der Waals surface area contributed by atoms with Gasteiger partial charge in [-0.15, -0.1) is 0 Å². The Kier molecular flexibility index (Phi) is 5.19. The summed E-state index contributed by atoms with van der Waals surface area (Å²) in [5, 5.41) is 3.51. The van der Waals surface area contributed by atoms with Gasteiger partial charge in [-0.25, -0.2) is 0 Å². The molecule has 1 rings (SSSR count). The molecule has 0 aliphatic heterocycles. The van der Waals surface area contributed by atoms with Crippen molar-refractivity contribution in [1.82, 2.24) is 0 Å². The Labute approximate surface area is 94.6 Å². The fraction of sp³-hybridized carbons (Fsp3) is 0.455. The molecule has 5 nitrogen and oxygen atoms in total. The van der Waals surface area contributed by atoms with E-state index in [1.807, 2.05) is 44.2 Å². The summed E-state index contributed by atoms with van der Waals surface area (Å²) in [6.07, 6.45) is -0.597. The predicted molar refractivity (Wildman–Crippen MR) is 61.1 cm³/mol. The third-order valence-electron chi connectivity index (χ3n) is 1.75. The maximum Gasteiger partial charge on any atom is 0.170 e. The fourth-order valence-corrected chi connectivity index (χ4v) is 1.16. The van der Waals surface area contributed by atoms with E-state index >= 15 is 0 Å². The second-order valence-corrected chi connectivity index (χ2v) is 3.47. The lowest BCUT2D eigenvalue weighted by Crippen LogP contribution is -2.22. The summed E-state index contributed by atoms with van der Waals surface area (Å²) in [4.78, 5) is 2.72. The van der Waals surface area contributed by atoms with E-state index < -0.39 is 6.23 Å². The lowest BCUT2D eigenvalue weighted by atomic mass is 10.3. The molecular weight excluding hydrogens is 206 g/mol. The van der Waals surface area contributed by atoms with E-state index in [0.717, 1.165) is 5.75 Å². The first-order chi connectivity index (χ1) is 7.72. The van der Waals surface area contributed by atoms with Gasteiger partial charge in [-0.05, 0) is 31.5 Å². The van der Waals surface area contributed by atoms with Crippen LogP contribution < -0.4 is 4.74 Å². The van der Waals surface area contributed by atoms with Crippen molar-refractivity contribution >= 4 is 0 Å². The average Bonchev–Trinajstić information content (AvgIpc) is 2.27. The molecule has 0 spiro atoms. The van der Waals surface area contributed by atoms with Crippen molar-refractivity contribution in [3.8, 4) is 5.75 Å². The molecule has 0 saturated heterocycles. The topological polar surface area (TPSA) is 67.2 Å². The highest BCUT2D eigenvalue weighted by Crippen LogP contribution is 2.10. The van der Waals surface area contributed by atoms with Crippen LogP contribution in [0.4, 0.5) is 0 Å². The Morgan fingerprint density at radius 1 is 1.31 bits per heavy atom. The zero-order valence-corrected chi connectivity index (χ0v) is 9.41. The number of para-hydroxylation sites is 1. The molecule has 86 valence electrons. The lowest BCUT2D eigenvalue weighted by molar-refractivity contribution is -0.0129. The van der Waals surface area contributed by atoms with E-state index in [9.17, 15) is 0 Å². The van der Waals surface area contributed by atoms with Crippen LogP contribution in [-0.4, -0.2) is 18.9 Å².